The van der Waals surface area contributed by atoms with Crippen LogP contribution in [-0.2, 0) is 43.0 Å². The van der Waals surface area contributed by atoms with Gasteiger partial charge in [0, 0.05) is 26.2 Å². The first-order valence-corrected chi connectivity index (χ1v) is 19.9. The maximum absolute atomic E-state index is 14.2. The molecule has 1 aliphatic rings. The molecule has 0 unspecified atom stereocenters. The van der Waals surface area contributed by atoms with Crippen LogP contribution in [-0.4, -0.2) is 80.9 Å². The lowest BCUT2D eigenvalue weighted by atomic mass is 9.99. The summed E-state index contributed by atoms with van der Waals surface area (Å²) >= 11 is 0. The van der Waals surface area contributed by atoms with Crippen molar-refractivity contribution in [2.45, 2.75) is 48.9 Å². The normalized spacial score (nSPS) is 19.3. The number of aliphatic hydroxyl groups excluding tert-OH is 2. The number of sulfone groups is 2. The molecule has 13 heteroatoms. The summed E-state index contributed by atoms with van der Waals surface area (Å²) in [6.45, 7) is 2.26. The predicted molar refractivity (Wildman–Crippen MR) is 181 cm³/mol. The summed E-state index contributed by atoms with van der Waals surface area (Å²) in [5.74, 6) is -0.0546. The minimum atomic E-state index is -4.23. The van der Waals surface area contributed by atoms with E-state index >= 15 is 0 Å². The molecular weight excluding hydrogens is 661 g/mol. The molecule has 5 rings (SSSR count). The van der Waals surface area contributed by atoms with E-state index in [-0.39, 0.29) is 47.5 Å². The molecule has 0 bridgehead atoms. The number of rotatable bonds is 10. The molecule has 1 fully saturated rings. The number of β-amino-alcohol motifs (C(OH)–C–C–N with tert-alkyl or cyclic N) is 2. The average molecular weight is 699 g/mol. The first-order chi connectivity index (χ1) is 22.3. The molecule has 2 N–H and O–H groups in total. The van der Waals surface area contributed by atoms with E-state index in [4.69, 9.17) is 0 Å². The minimum absolute atomic E-state index is 0.0273. The molecule has 0 aliphatic carbocycles. The Balaban J connectivity index is 1.46. The Morgan fingerprint density at radius 1 is 0.596 bits per heavy atom. The molecule has 47 heavy (non-hydrogen) atoms. The summed E-state index contributed by atoms with van der Waals surface area (Å²) in [5, 5.41) is 21.6. The van der Waals surface area contributed by atoms with Crippen LogP contribution in [0.1, 0.15) is 25.0 Å². The zero-order chi connectivity index (χ0) is 34.0. The van der Waals surface area contributed by atoms with Crippen LogP contribution in [0, 0.1) is 0 Å². The van der Waals surface area contributed by atoms with Crippen LogP contribution in [0.2, 0.25) is 0 Å². The van der Waals surface area contributed by atoms with Gasteiger partial charge in [-0.15, -0.1) is 0 Å². The van der Waals surface area contributed by atoms with E-state index in [1.165, 1.54) is 24.3 Å². The quantitative estimate of drug-likeness (QED) is 0.254. The molecular formula is C34H38N2O8S3. The van der Waals surface area contributed by atoms with Gasteiger partial charge in [-0.05, 0) is 57.6 Å². The second kappa shape index (κ2) is 14.0. The number of hydrogen-bond donors (Lipinski definition) is 2. The third-order valence-corrected chi connectivity index (χ3v) is 13.8. The Morgan fingerprint density at radius 2 is 0.936 bits per heavy atom. The molecule has 1 heterocycles. The Hall–Kier alpha value is -3.43. The van der Waals surface area contributed by atoms with Crippen molar-refractivity contribution in [3.05, 3.63) is 108 Å². The highest BCUT2D eigenvalue weighted by molar-refractivity contribution is 7.91. The van der Waals surface area contributed by atoms with Crippen molar-refractivity contribution in [3.8, 4) is 22.3 Å². The van der Waals surface area contributed by atoms with E-state index in [2.05, 4.69) is 0 Å². The van der Waals surface area contributed by atoms with E-state index in [0.717, 1.165) is 8.61 Å². The van der Waals surface area contributed by atoms with Crippen LogP contribution in [0.3, 0.4) is 0 Å². The van der Waals surface area contributed by atoms with E-state index < -0.39 is 42.1 Å². The van der Waals surface area contributed by atoms with E-state index in [0.29, 0.717) is 33.4 Å². The summed E-state index contributed by atoms with van der Waals surface area (Å²) in [4.78, 5) is 0.401. The third kappa shape index (κ3) is 7.51. The van der Waals surface area contributed by atoms with E-state index in [1.807, 2.05) is 12.1 Å². The number of benzene rings is 4. The summed E-state index contributed by atoms with van der Waals surface area (Å²) in [5.41, 5.74) is 4.07. The Bertz CT molecular complexity index is 1910. The highest BCUT2D eigenvalue weighted by atomic mass is 32.2. The zero-order valence-electron chi connectivity index (χ0n) is 26.1. The maximum Gasteiger partial charge on any atom is 0.282 e. The van der Waals surface area contributed by atoms with Crippen LogP contribution in [0.15, 0.2) is 107 Å². The third-order valence-electron chi connectivity index (χ3n) is 8.42. The molecule has 0 spiro atoms. The first kappa shape index (κ1) is 34.9. The topological polar surface area (TPSA) is 149 Å². The highest BCUT2D eigenvalue weighted by Crippen LogP contribution is 2.31. The monoisotopic (exact) mass is 698 g/mol. The standard InChI is InChI=1S/C34H38N2O8S3/c1-3-45(39,40)29-17-13-25(14-18-29)31-11-7-5-9-27(31)21-35-23-33(37)34(38)24-36(47(35,43)44)22-28-10-6-8-12-32(28)26-15-19-30(20-16-26)46(41,42)4-2/h5-20,33-34,37-38H,3-4,21-24H2,1-2H3/t33-,34-/m0/s1. The molecule has 10 nitrogen and oxygen atoms in total. The Morgan fingerprint density at radius 3 is 1.28 bits per heavy atom. The average Bonchev–Trinajstić information content (AvgIpc) is 3.15. The first-order valence-electron chi connectivity index (χ1n) is 15.2. The van der Waals surface area contributed by atoms with Gasteiger partial charge in [0.2, 0.25) is 0 Å². The second-order valence-electron chi connectivity index (χ2n) is 11.4. The lowest BCUT2D eigenvalue weighted by molar-refractivity contribution is 0.00890. The number of hydrogen-bond acceptors (Lipinski definition) is 8. The summed E-state index contributed by atoms with van der Waals surface area (Å²) in [6, 6.07) is 27.2. The van der Waals surface area contributed by atoms with Crippen molar-refractivity contribution >= 4 is 29.9 Å². The second-order valence-corrected chi connectivity index (χ2v) is 17.9. The molecule has 1 saturated heterocycles. The molecule has 0 aromatic heterocycles. The lowest BCUT2D eigenvalue weighted by Gasteiger charge is -2.28. The van der Waals surface area contributed by atoms with Gasteiger partial charge >= 0.3 is 0 Å². The van der Waals surface area contributed by atoms with Crippen molar-refractivity contribution in [1.82, 2.24) is 8.61 Å². The summed E-state index contributed by atoms with van der Waals surface area (Å²) in [7, 11) is -11.0. The van der Waals surface area contributed by atoms with Gasteiger partial charge in [0.05, 0.1) is 33.5 Å². The lowest BCUT2D eigenvalue weighted by Crippen LogP contribution is -2.42. The van der Waals surface area contributed by atoms with Crippen molar-refractivity contribution in [2.75, 3.05) is 24.6 Å². The van der Waals surface area contributed by atoms with Crippen LogP contribution in [0.5, 0.6) is 0 Å². The number of nitrogens with zero attached hydrogens (tertiary/aromatic N) is 2. The van der Waals surface area contributed by atoms with Gasteiger partial charge in [-0.2, -0.15) is 17.0 Å². The molecule has 250 valence electrons. The SMILES string of the molecule is CCS(=O)(=O)c1ccc(-c2ccccc2CN2C[C@H](O)[C@@H](O)CN(Cc3ccccc3-c3ccc(S(=O)(=O)CC)cc3)S2(=O)=O)cc1. The number of aliphatic hydroxyl groups is 2. The van der Waals surface area contributed by atoms with E-state index in [9.17, 15) is 35.5 Å². The van der Waals surface area contributed by atoms with Crippen LogP contribution < -0.4 is 0 Å². The van der Waals surface area contributed by atoms with Crippen molar-refractivity contribution in [1.29, 1.82) is 0 Å². The smallest absolute Gasteiger partial charge is 0.282 e. The largest absolute Gasteiger partial charge is 0.389 e. The van der Waals surface area contributed by atoms with Gasteiger partial charge in [-0.3, -0.25) is 0 Å². The fourth-order valence-corrected chi connectivity index (χ4v) is 8.96. The van der Waals surface area contributed by atoms with Gasteiger partial charge in [0.25, 0.3) is 10.2 Å². The zero-order valence-corrected chi connectivity index (χ0v) is 28.5. The summed E-state index contributed by atoms with van der Waals surface area (Å²) < 4.78 is 80.0. The molecule has 4 aromatic rings. The van der Waals surface area contributed by atoms with Crippen molar-refractivity contribution in [3.63, 3.8) is 0 Å². The summed E-state index contributed by atoms with van der Waals surface area (Å²) in [6.07, 6.45) is -2.69. The molecule has 4 aromatic carbocycles. The molecule has 0 amide bonds. The molecule has 0 saturated carbocycles. The molecule has 1 aliphatic heterocycles. The molecule has 2 atom stereocenters. The van der Waals surface area contributed by atoms with Crippen molar-refractivity contribution in [2.24, 2.45) is 0 Å². The Kier molecular flexibility index (Phi) is 10.4. The highest BCUT2D eigenvalue weighted by Gasteiger charge is 2.39. The van der Waals surface area contributed by atoms with Crippen molar-refractivity contribution < 1.29 is 35.5 Å². The van der Waals surface area contributed by atoms with Gasteiger partial charge in [0.15, 0.2) is 19.7 Å². The van der Waals surface area contributed by atoms with Crippen LogP contribution in [0.25, 0.3) is 22.3 Å². The van der Waals surface area contributed by atoms with Gasteiger partial charge in [-0.25, -0.2) is 16.8 Å². The maximum atomic E-state index is 14.2. The fraction of sp³-hybridized carbons (Fsp3) is 0.294. The van der Waals surface area contributed by atoms with Crippen LogP contribution >= 0.6 is 0 Å². The van der Waals surface area contributed by atoms with Crippen LogP contribution in [0.4, 0.5) is 0 Å². The minimum Gasteiger partial charge on any atom is -0.389 e. The van der Waals surface area contributed by atoms with Gasteiger partial charge in [0.1, 0.15) is 0 Å². The van der Waals surface area contributed by atoms with E-state index in [1.54, 1.807) is 74.5 Å². The Labute approximate surface area is 277 Å². The predicted octanol–water partition coefficient (Wildman–Crippen LogP) is 3.89. The van der Waals surface area contributed by atoms with Gasteiger partial charge < -0.3 is 10.2 Å². The molecule has 0 radical (unpaired) electrons. The van der Waals surface area contributed by atoms with Gasteiger partial charge in [-0.1, -0.05) is 86.6 Å². The fourth-order valence-electron chi connectivity index (χ4n) is 5.58.